The number of nitrogens with one attached hydrogen (secondary N) is 1. The summed E-state index contributed by atoms with van der Waals surface area (Å²) in [6, 6.07) is 8.73. The maximum Gasteiger partial charge on any atom is 0.338 e. The highest BCUT2D eigenvalue weighted by Gasteiger charge is 2.18. The minimum absolute atomic E-state index is 0.105. The van der Waals surface area contributed by atoms with Crippen LogP contribution in [0, 0.1) is 6.92 Å². The number of carboxylic acids is 1. The van der Waals surface area contributed by atoms with Crippen LogP contribution in [0.1, 0.15) is 22.8 Å². The molecule has 110 valence electrons. The molecule has 0 spiro atoms. The van der Waals surface area contributed by atoms with Gasteiger partial charge in [0.2, 0.25) is 0 Å². The average Bonchev–Trinajstić information content (AvgIpc) is 2.90. The second kappa shape index (κ2) is 6.41. The van der Waals surface area contributed by atoms with Gasteiger partial charge in [-0.25, -0.2) is 9.59 Å². The molecule has 0 saturated heterocycles. The van der Waals surface area contributed by atoms with Crippen molar-refractivity contribution >= 4 is 34.0 Å². The molecule has 0 unspecified atom stereocenters. The smallest absolute Gasteiger partial charge is 0.338 e. The summed E-state index contributed by atoms with van der Waals surface area (Å²) in [5.74, 6) is -1.05. The van der Waals surface area contributed by atoms with Crippen LogP contribution in [-0.4, -0.2) is 23.7 Å². The molecule has 1 aromatic heterocycles. The van der Waals surface area contributed by atoms with Crippen LogP contribution in [0.5, 0.6) is 0 Å². The average molecular weight is 304 g/mol. The van der Waals surface area contributed by atoms with Crippen molar-refractivity contribution in [1.29, 1.82) is 0 Å². The molecule has 0 aliphatic carbocycles. The summed E-state index contributed by atoms with van der Waals surface area (Å²) in [4.78, 5) is 24.9. The summed E-state index contributed by atoms with van der Waals surface area (Å²) in [6.45, 7) is 4.33. The summed E-state index contributed by atoms with van der Waals surface area (Å²) in [6.07, 6.45) is 0. The standard InChI is InChI=1S/C15H16N2O3S/c1-3-17(11-6-4-10(2)5-7-11)15(20)16-13-12(14(18)19)8-9-21-13/h4-9H,3H2,1-2H3,(H,16,20)(H,18,19). The van der Waals surface area contributed by atoms with Gasteiger partial charge in [-0.1, -0.05) is 17.7 Å². The lowest BCUT2D eigenvalue weighted by atomic mass is 10.2. The molecule has 0 aliphatic rings. The van der Waals surface area contributed by atoms with Gasteiger partial charge in [-0.05, 0) is 37.4 Å². The van der Waals surface area contributed by atoms with Crippen LogP contribution < -0.4 is 10.2 Å². The van der Waals surface area contributed by atoms with E-state index in [0.717, 1.165) is 11.3 Å². The van der Waals surface area contributed by atoms with E-state index in [1.807, 2.05) is 38.1 Å². The maximum absolute atomic E-state index is 12.3. The van der Waals surface area contributed by atoms with Crippen molar-refractivity contribution in [2.45, 2.75) is 13.8 Å². The molecule has 2 aromatic rings. The molecule has 0 atom stereocenters. The first-order chi connectivity index (χ1) is 10.0. The van der Waals surface area contributed by atoms with Crippen molar-refractivity contribution in [3.8, 4) is 0 Å². The minimum atomic E-state index is -1.05. The Morgan fingerprint density at radius 3 is 2.48 bits per heavy atom. The Bertz CT molecular complexity index is 649. The highest BCUT2D eigenvalue weighted by atomic mass is 32.1. The molecule has 0 bridgehead atoms. The van der Waals surface area contributed by atoms with E-state index >= 15 is 0 Å². The third-order valence-corrected chi connectivity index (χ3v) is 3.85. The number of amides is 2. The van der Waals surface area contributed by atoms with Gasteiger partial charge in [-0.15, -0.1) is 11.3 Å². The number of carbonyl (C=O) groups is 2. The number of anilines is 2. The number of benzene rings is 1. The third-order valence-electron chi connectivity index (χ3n) is 3.02. The fourth-order valence-corrected chi connectivity index (χ4v) is 2.68. The number of hydrogen-bond acceptors (Lipinski definition) is 3. The highest BCUT2D eigenvalue weighted by molar-refractivity contribution is 7.14. The molecular formula is C15H16N2O3S. The van der Waals surface area contributed by atoms with Crippen LogP contribution >= 0.6 is 11.3 Å². The van der Waals surface area contributed by atoms with Gasteiger partial charge < -0.3 is 5.11 Å². The molecule has 1 aromatic carbocycles. The lowest BCUT2D eigenvalue weighted by Gasteiger charge is -2.21. The molecule has 0 radical (unpaired) electrons. The van der Waals surface area contributed by atoms with E-state index in [4.69, 9.17) is 5.11 Å². The van der Waals surface area contributed by atoms with Crippen LogP contribution in [0.15, 0.2) is 35.7 Å². The number of urea groups is 1. The van der Waals surface area contributed by atoms with Crippen LogP contribution in [-0.2, 0) is 0 Å². The largest absolute Gasteiger partial charge is 0.478 e. The van der Waals surface area contributed by atoms with Crippen molar-refractivity contribution in [2.24, 2.45) is 0 Å². The van der Waals surface area contributed by atoms with E-state index in [1.54, 1.807) is 10.3 Å². The van der Waals surface area contributed by atoms with E-state index in [0.29, 0.717) is 11.5 Å². The van der Waals surface area contributed by atoms with Crippen molar-refractivity contribution in [3.63, 3.8) is 0 Å². The van der Waals surface area contributed by atoms with Gasteiger partial charge in [0.15, 0.2) is 0 Å². The monoisotopic (exact) mass is 304 g/mol. The number of thiophene rings is 1. The van der Waals surface area contributed by atoms with E-state index in [1.165, 1.54) is 17.4 Å². The van der Waals surface area contributed by atoms with Crippen molar-refractivity contribution in [2.75, 3.05) is 16.8 Å². The molecule has 0 aliphatic heterocycles. The van der Waals surface area contributed by atoms with Crippen LogP contribution in [0.3, 0.4) is 0 Å². The van der Waals surface area contributed by atoms with Gasteiger partial charge in [-0.2, -0.15) is 0 Å². The Kier molecular flexibility index (Phi) is 4.59. The molecule has 21 heavy (non-hydrogen) atoms. The Morgan fingerprint density at radius 1 is 1.24 bits per heavy atom. The van der Waals surface area contributed by atoms with Gasteiger partial charge >= 0.3 is 12.0 Å². The predicted octanol–water partition coefficient (Wildman–Crippen LogP) is 3.81. The van der Waals surface area contributed by atoms with E-state index < -0.39 is 5.97 Å². The minimum Gasteiger partial charge on any atom is -0.478 e. The number of rotatable bonds is 4. The van der Waals surface area contributed by atoms with Crippen LogP contribution in [0.25, 0.3) is 0 Å². The number of nitrogens with zero attached hydrogens (tertiary/aromatic N) is 1. The number of hydrogen-bond donors (Lipinski definition) is 2. The van der Waals surface area contributed by atoms with E-state index in [-0.39, 0.29) is 11.6 Å². The van der Waals surface area contributed by atoms with Gasteiger partial charge in [-0.3, -0.25) is 10.2 Å². The summed E-state index contributed by atoms with van der Waals surface area (Å²) in [5.41, 5.74) is 1.99. The number of carbonyl (C=O) groups excluding carboxylic acids is 1. The molecule has 2 N–H and O–H groups in total. The Morgan fingerprint density at radius 2 is 1.90 bits per heavy atom. The first kappa shape index (κ1) is 15.1. The van der Waals surface area contributed by atoms with Crippen LogP contribution in [0.4, 0.5) is 15.5 Å². The van der Waals surface area contributed by atoms with Gasteiger partial charge in [0.05, 0.1) is 5.56 Å². The lowest BCUT2D eigenvalue weighted by Crippen LogP contribution is -2.34. The summed E-state index contributed by atoms with van der Waals surface area (Å²) >= 11 is 1.19. The normalized spacial score (nSPS) is 10.2. The number of aryl methyl sites for hydroxylation is 1. The number of carboxylic acid groups (broad SMARTS) is 1. The van der Waals surface area contributed by atoms with Crippen molar-refractivity contribution in [3.05, 3.63) is 46.8 Å². The quantitative estimate of drug-likeness (QED) is 0.902. The zero-order chi connectivity index (χ0) is 15.4. The summed E-state index contributed by atoms with van der Waals surface area (Å²) in [5, 5.41) is 13.7. The van der Waals surface area contributed by atoms with Crippen molar-refractivity contribution in [1.82, 2.24) is 0 Å². The lowest BCUT2D eigenvalue weighted by molar-refractivity contribution is 0.0698. The number of aromatic carboxylic acids is 1. The van der Waals surface area contributed by atoms with Gasteiger partial charge in [0.1, 0.15) is 5.00 Å². The predicted molar refractivity (Wildman–Crippen MR) is 84.5 cm³/mol. The molecule has 1 heterocycles. The Hall–Kier alpha value is -2.34. The Labute approximate surface area is 126 Å². The maximum atomic E-state index is 12.3. The van der Waals surface area contributed by atoms with E-state index in [2.05, 4.69) is 5.32 Å². The molecule has 0 fully saturated rings. The van der Waals surface area contributed by atoms with E-state index in [9.17, 15) is 9.59 Å². The molecule has 5 nitrogen and oxygen atoms in total. The van der Waals surface area contributed by atoms with Gasteiger partial charge in [0, 0.05) is 12.2 Å². The molecular weight excluding hydrogens is 288 g/mol. The molecule has 0 saturated carbocycles. The third kappa shape index (κ3) is 3.41. The molecule has 2 amide bonds. The van der Waals surface area contributed by atoms with Gasteiger partial charge in [0.25, 0.3) is 0 Å². The molecule has 2 rings (SSSR count). The zero-order valence-electron chi connectivity index (χ0n) is 11.8. The molecule has 6 heteroatoms. The van der Waals surface area contributed by atoms with Crippen LogP contribution in [0.2, 0.25) is 0 Å². The Balaban J connectivity index is 2.19. The fraction of sp³-hybridized carbons (Fsp3) is 0.200. The summed E-state index contributed by atoms with van der Waals surface area (Å²) in [7, 11) is 0. The first-order valence-electron chi connectivity index (χ1n) is 6.49. The highest BCUT2D eigenvalue weighted by Crippen LogP contribution is 2.24. The fourth-order valence-electron chi connectivity index (χ4n) is 1.91. The second-order valence-corrected chi connectivity index (χ2v) is 5.39. The SMILES string of the molecule is CCN(C(=O)Nc1sccc1C(=O)O)c1ccc(C)cc1. The van der Waals surface area contributed by atoms with Crippen molar-refractivity contribution < 1.29 is 14.7 Å². The first-order valence-corrected chi connectivity index (χ1v) is 7.37. The topological polar surface area (TPSA) is 69.6 Å². The zero-order valence-corrected chi connectivity index (χ0v) is 12.6. The second-order valence-electron chi connectivity index (χ2n) is 4.48. The summed E-state index contributed by atoms with van der Waals surface area (Å²) < 4.78 is 0.